The summed E-state index contributed by atoms with van der Waals surface area (Å²) >= 11 is 0. The minimum absolute atomic E-state index is 0.0724. The van der Waals surface area contributed by atoms with Crippen LogP contribution in [0.4, 0.5) is 11.5 Å². The van der Waals surface area contributed by atoms with Crippen LogP contribution in [-0.2, 0) is 26.2 Å². The van der Waals surface area contributed by atoms with Crippen LogP contribution in [0, 0.1) is 13.8 Å². The van der Waals surface area contributed by atoms with E-state index in [1.165, 1.54) is 6.26 Å². The molecular weight excluding hydrogens is 474 g/mol. The summed E-state index contributed by atoms with van der Waals surface area (Å²) in [6.07, 6.45) is 4.61. The van der Waals surface area contributed by atoms with E-state index in [2.05, 4.69) is 26.1 Å². The number of hydrogen-bond donors (Lipinski definition) is 3. The molecule has 3 N–H and O–H groups in total. The number of aromatic nitrogens is 2. The number of fused-ring (bicyclic) bond motifs is 3. The quantitative estimate of drug-likeness (QED) is 0.470. The Kier molecular flexibility index (Phi) is 5.41. The summed E-state index contributed by atoms with van der Waals surface area (Å²) in [5, 5.41) is 12.3. The Hall–Kier alpha value is -4.31. The topological polar surface area (TPSA) is 135 Å². The Labute approximate surface area is 212 Å². The first-order valence-corrected chi connectivity index (χ1v) is 12.1. The molecule has 10 nitrogen and oxygen atoms in total. The fourth-order valence-electron chi connectivity index (χ4n) is 5.42. The second-order valence-corrected chi connectivity index (χ2v) is 9.62. The molecule has 0 radical (unpaired) electrons. The summed E-state index contributed by atoms with van der Waals surface area (Å²) in [6.45, 7) is 4.64. The molecule has 3 aromatic rings. The number of carbonyl (C=O) groups is 3. The predicted octanol–water partition coefficient (Wildman–Crippen LogP) is 3.02. The van der Waals surface area contributed by atoms with Gasteiger partial charge in [-0.25, -0.2) is 4.98 Å². The van der Waals surface area contributed by atoms with Gasteiger partial charge in [-0.2, -0.15) is 0 Å². The second kappa shape index (κ2) is 8.67. The molecular formula is C27H25N5O5. The van der Waals surface area contributed by atoms with Crippen molar-refractivity contribution < 1.29 is 23.6 Å². The van der Waals surface area contributed by atoms with Gasteiger partial charge in [-0.3, -0.25) is 14.4 Å². The molecule has 0 unspecified atom stereocenters. The zero-order chi connectivity index (χ0) is 25.7. The number of anilines is 2. The van der Waals surface area contributed by atoms with E-state index in [0.29, 0.717) is 43.9 Å². The van der Waals surface area contributed by atoms with Crippen LogP contribution in [0.1, 0.15) is 51.1 Å². The van der Waals surface area contributed by atoms with Crippen molar-refractivity contribution in [1.82, 2.24) is 15.5 Å². The van der Waals surface area contributed by atoms with Gasteiger partial charge in [0.15, 0.2) is 0 Å². The van der Waals surface area contributed by atoms with Crippen molar-refractivity contribution in [2.45, 2.75) is 38.5 Å². The van der Waals surface area contributed by atoms with E-state index in [0.717, 1.165) is 27.8 Å². The highest BCUT2D eigenvalue weighted by Gasteiger charge is 2.48. The number of benzene rings is 1. The molecule has 1 spiro atoms. The summed E-state index contributed by atoms with van der Waals surface area (Å²) in [6, 6.07) is 7.60. The Bertz CT molecular complexity index is 1480. The van der Waals surface area contributed by atoms with Crippen LogP contribution in [-0.4, -0.2) is 41.1 Å². The van der Waals surface area contributed by atoms with E-state index < -0.39 is 17.2 Å². The van der Waals surface area contributed by atoms with Gasteiger partial charge in [0, 0.05) is 37.5 Å². The lowest BCUT2D eigenvalue weighted by Gasteiger charge is -2.31. The fraction of sp³-hybridized carbons (Fsp3) is 0.296. The average Bonchev–Trinajstić information content (AvgIpc) is 3.40. The van der Waals surface area contributed by atoms with E-state index in [9.17, 15) is 14.4 Å². The van der Waals surface area contributed by atoms with Crippen LogP contribution in [0.3, 0.4) is 0 Å². The highest BCUT2D eigenvalue weighted by molar-refractivity contribution is 6.14. The third kappa shape index (κ3) is 3.72. The van der Waals surface area contributed by atoms with Gasteiger partial charge >= 0.3 is 0 Å². The van der Waals surface area contributed by atoms with Gasteiger partial charge in [-0.15, -0.1) is 0 Å². The van der Waals surface area contributed by atoms with Crippen molar-refractivity contribution >= 4 is 34.8 Å². The summed E-state index contributed by atoms with van der Waals surface area (Å²) in [5.74, 6) is -0.805. The summed E-state index contributed by atoms with van der Waals surface area (Å²) in [5.41, 5.74) is 5.41. The molecule has 1 aromatic carbocycles. The molecule has 4 heterocycles. The molecule has 0 atom stereocenters. The number of hydrogen-bond acceptors (Lipinski definition) is 7. The normalized spacial score (nSPS) is 18.4. The third-order valence-corrected chi connectivity index (χ3v) is 7.48. The molecule has 0 saturated carbocycles. The molecule has 1 fully saturated rings. The minimum atomic E-state index is -0.645. The van der Waals surface area contributed by atoms with Crippen molar-refractivity contribution in [3.05, 3.63) is 75.9 Å². The van der Waals surface area contributed by atoms with Crippen LogP contribution in [0.15, 0.2) is 46.9 Å². The van der Waals surface area contributed by atoms with E-state index >= 15 is 0 Å². The molecule has 6 rings (SSSR count). The minimum Gasteiger partial charge on any atom is -0.381 e. The first-order chi connectivity index (χ1) is 17.9. The Morgan fingerprint density at radius 1 is 1.16 bits per heavy atom. The molecule has 3 amide bonds. The molecule has 2 aliphatic heterocycles. The Morgan fingerprint density at radius 2 is 1.97 bits per heavy atom. The lowest BCUT2D eigenvalue weighted by Crippen LogP contribution is -2.40. The average molecular weight is 500 g/mol. The second-order valence-electron chi connectivity index (χ2n) is 9.62. The standard InChI is InChI=1S/C27H25N5O5/c1-14-4-3-5-16-10-17(22(14)16)23(31-24(33)18-13-37-32-15(18)2)25(34)30-21-11-20-19(12-28-21)27(26(35)29-20)6-8-36-9-7-27/h3-5,11-13H,6-10H2,1-2H3,(H,29,35)(H,31,33)(H,28,30,34). The number of ether oxygens (including phenoxy) is 1. The fourth-order valence-corrected chi connectivity index (χ4v) is 5.42. The summed E-state index contributed by atoms with van der Waals surface area (Å²) in [7, 11) is 0. The number of nitrogens with one attached hydrogen (secondary N) is 3. The van der Waals surface area contributed by atoms with Crippen LogP contribution in [0.2, 0.25) is 0 Å². The van der Waals surface area contributed by atoms with Gasteiger partial charge in [0.25, 0.3) is 11.8 Å². The van der Waals surface area contributed by atoms with Gasteiger partial charge in [0.05, 0.1) is 16.8 Å². The van der Waals surface area contributed by atoms with Crippen molar-refractivity contribution in [1.29, 1.82) is 0 Å². The zero-order valence-corrected chi connectivity index (χ0v) is 20.4. The first-order valence-electron chi connectivity index (χ1n) is 12.1. The smallest absolute Gasteiger partial charge is 0.273 e. The zero-order valence-electron chi connectivity index (χ0n) is 20.4. The van der Waals surface area contributed by atoms with Gasteiger partial charge in [0.1, 0.15) is 23.3 Å². The SMILES string of the molecule is Cc1cccc2c1C(=C(NC(=O)c1conc1C)C(=O)Nc1cc3c(cn1)C1(CCOCC1)C(=O)N3)C2. The maximum Gasteiger partial charge on any atom is 0.273 e. The van der Waals surface area contributed by atoms with E-state index in [4.69, 9.17) is 9.26 Å². The van der Waals surface area contributed by atoms with E-state index in [-0.39, 0.29) is 23.0 Å². The third-order valence-electron chi connectivity index (χ3n) is 7.48. The van der Waals surface area contributed by atoms with Crippen LogP contribution in [0.25, 0.3) is 5.57 Å². The molecule has 0 bridgehead atoms. The largest absolute Gasteiger partial charge is 0.381 e. The lowest BCUT2D eigenvalue weighted by atomic mass is 9.76. The van der Waals surface area contributed by atoms with Crippen LogP contribution >= 0.6 is 0 Å². The van der Waals surface area contributed by atoms with Gasteiger partial charge in [0.2, 0.25) is 5.91 Å². The molecule has 2 aromatic heterocycles. The van der Waals surface area contributed by atoms with Crippen molar-refractivity contribution in [2.24, 2.45) is 0 Å². The molecule has 37 heavy (non-hydrogen) atoms. The Balaban J connectivity index is 1.32. The predicted molar refractivity (Wildman–Crippen MR) is 134 cm³/mol. The number of carbonyl (C=O) groups excluding carboxylic acids is 3. The number of aryl methyl sites for hydroxylation is 2. The first kappa shape index (κ1) is 23.1. The van der Waals surface area contributed by atoms with Gasteiger partial charge < -0.3 is 25.2 Å². The van der Waals surface area contributed by atoms with Gasteiger partial charge in [-0.05, 0) is 49.0 Å². The number of nitrogens with zero attached hydrogens (tertiary/aromatic N) is 2. The van der Waals surface area contributed by atoms with Crippen LogP contribution in [0.5, 0.6) is 0 Å². The summed E-state index contributed by atoms with van der Waals surface area (Å²) < 4.78 is 10.4. The maximum absolute atomic E-state index is 13.6. The monoisotopic (exact) mass is 499 g/mol. The van der Waals surface area contributed by atoms with E-state index in [1.807, 2.05) is 25.1 Å². The maximum atomic E-state index is 13.6. The lowest BCUT2D eigenvalue weighted by molar-refractivity contribution is -0.124. The number of pyridine rings is 1. The molecule has 1 saturated heterocycles. The van der Waals surface area contributed by atoms with E-state index in [1.54, 1.807) is 19.2 Å². The molecule has 1 aliphatic carbocycles. The van der Waals surface area contributed by atoms with Gasteiger partial charge in [-0.1, -0.05) is 23.4 Å². The summed E-state index contributed by atoms with van der Waals surface area (Å²) in [4.78, 5) is 43.8. The number of amides is 3. The van der Waals surface area contributed by atoms with Crippen molar-refractivity contribution in [3.8, 4) is 0 Å². The van der Waals surface area contributed by atoms with Crippen LogP contribution < -0.4 is 16.0 Å². The highest BCUT2D eigenvalue weighted by Crippen LogP contribution is 2.45. The van der Waals surface area contributed by atoms with Crippen molar-refractivity contribution in [3.63, 3.8) is 0 Å². The van der Waals surface area contributed by atoms with Crippen molar-refractivity contribution in [2.75, 3.05) is 23.8 Å². The Morgan fingerprint density at radius 3 is 2.70 bits per heavy atom. The molecule has 188 valence electrons. The molecule has 10 heteroatoms. The molecule has 3 aliphatic rings. The highest BCUT2D eigenvalue weighted by atomic mass is 16.5. The number of allylic oxidation sites excluding steroid dienone is 1. The number of rotatable bonds is 4.